The van der Waals surface area contributed by atoms with Gasteiger partial charge < -0.3 is 15.4 Å². The summed E-state index contributed by atoms with van der Waals surface area (Å²) < 4.78 is 5.01. The van der Waals surface area contributed by atoms with Crippen molar-refractivity contribution in [2.24, 2.45) is 0 Å². The van der Waals surface area contributed by atoms with Crippen molar-refractivity contribution in [2.45, 2.75) is 13.3 Å². The Labute approximate surface area is 120 Å². The molecule has 0 unspecified atom stereocenters. The number of hydrogen-bond donors (Lipinski definition) is 1. The van der Waals surface area contributed by atoms with E-state index in [1.54, 1.807) is 4.90 Å². The van der Waals surface area contributed by atoms with E-state index < -0.39 is 0 Å². The fourth-order valence-corrected chi connectivity index (χ4v) is 2.40. The molecule has 1 aromatic rings. The summed E-state index contributed by atoms with van der Waals surface area (Å²) in [5, 5.41) is 0. The second kappa shape index (κ2) is 7.14. The standard InChI is InChI=1S/C15H23N3O2/c1-2-20-15(19)18-10-8-17(9-11-18)7-6-13-4-3-5-14(16)12-13/h3-5,12H,2,6-11,16H2,1H3. The number of amides is 1. The molecule has 1 aliphatic rings. The Bertz CT molecular complexity index is 442. The SMILES string of the molecule is CCOC(=O)N1CCN(CCc2cccc(N)c2)CC1. The third-order valence-electron chi connectivity index (χ3n) is 3.57. The van der Waals surface area contributed by atoms with Crippen LogP contribution in [-0.2, 0) is 11.2 Å². The van der Waals surface area contributed by atoms with Crippen molar-refractivity contribution in [3.05, 3.63) is 29.8 Å². The maximum Gasteiger partial charge on any atom is 0.409 e. The van der Waals surface area contributed by atoms with Crippen molar-refractivity contribution < 1.29 is 9.53 Å². The van der Waals surface area contributed by atoms with Gasteiger partial charge in [-0.15, -0.1) is 0 Å². The number of anilines is 1. The zero-order chi connectivity index (χ0) is 14.4. The van der Waals surface area contributed by atoms with Gasteiger partial charge in [0.05, 0.1) is 6.61 Å². The van der Waals surface area contributed by atoms with E-state index in [-0.39, 0.29) is 6.09 Å². The van der Waals surface area contributed by atoms with E-state index in [1.165, 1.54) is 5.56 Å². The number of nitrogens with zero attached hydrogens (tertiary/aromatic N) is 2. The summed E-state index contributed by atoms with van der Waals surface area (Å²) in [6, 6.07) is 8.02. The third kappa shape index (κ3) is 4.13. The molecule has 2 rings (SSSR count). The zero-order valence-electron chi connectivity index (χ0n) is 12.0. The number of hydrogen-bond acceptors (Lipinski definition) is 4. The summed E-state index contributed by atoms with van der Waals surface area (Å²) in [5.74, 6) is 0. The number of ether oxygens (including phenoxy) is 1. The predicted octanol–water partition coefficient (Wildman–Crippen LogP) is 1.59. The molecule has 0 aliphatic carbocycles. The minimum absolute atomic E-state index is 0.192. The summed E-state index contributed by atoms with van der Waals surface area (Å²) >= 11 is 0. The minimum Gasteiger partial charge on any atom is -0.450 e. The predicted molar refractivity (Wildman–Crippen MR) is 79.6 cm³/mol. The van der Waals surface area contributed by atoms with Gasteiger partial charge in [0.25, 0.3) is 0 Å². The molecule has 0 radical (unpaired) electrons. The number of carbonyl (C=O) groups excluding carboxylic acids is 1. The molecule has 0 aromatic heterocycles. The van der Waals surface area contributed by atoms with Crippen LogP contribution in [0.5, 0.6) is 0 Å². The van der Waals surface area contributed by atoms with Gasteiger partial charge in [-0.3, -0.25) is 4.90 Å². The topological polar surface area (TPSA) is 58.8 Å². The third-order valence-corrected chi connectivity index (χ3v) is 3.57. The Morgan fingerprint density at radius 3 is 2.70 bits per heavy atom. The molecule has 1 amide bonds. The van der Waals surface area contributed by atoms with Crippen LogP contribution in [0.15, 0.2) is 24.3 Å². The Morgan fingerprint density at radius 1 is 1.30 bits per heavy atom. The Morgan fingerprint density at radius 2 is 2.05 bits per heavy atom. The molecule has 5 heteroatoms. The van der Waals surface area contributed by atoms with Crippen LogP contribution in [0, 0.1) is 0 Å². The molecule has 1 aliphatic heterocycles. The smallest absolute Gasteiger partial charge is 0.409 e. The van der Waals surface area contributed by atoms with Gasteiger partial charge in [-0.25, -0.2) is 4.79 Å². The average Bonchev–Trinajstić information content (AvgIpc) is 2.46. The molecule has 110 valence electrons. The van der Waals surface area contributed by atoms with Crippen molar-refractivity contribution in [3.8, 4) is 0 Å². The first kappa shape index (κ1) is 14.7. The van der Waals surface area contributed by atoms with Crippen LogP contribution in [0.1, 0.15) is 12.5 Å². The Kier molecular flexibility index (Phi) is 5.24. The van der Waals surface area contributed by atoms with Crippen molar-refractivity contribution >= 4 is 11.8 Å². The van der Waals surface area contributed by atoms with E-state index in [9.17, 15) is 4.79 Å². The first-order valence-electron chi connectivity index (χ1n) is 7.17. The van der Waals surface area contributed by atoms with Gasteiger partial charge in [-0.1, -0.05) is 12.1 Å². The zero-order valence-corrected chi connectivity index (χ0v) is 12.0. The molecule has 2 N–H and O–H groups in total. The number of piperazine rings is 1. The lowest BCUT2D eigenvalue weighted by molar-refractivity contribution is 0.0799. The van der Waals surface area contributed by atoms with E-state index in [0.29, 0.717) is 6.61 Å². The largest absolute Gasteiger partial charge is 0.450 e. The van der Waals surface area contributed by atoms with Crippen molar-refractivity contribution in [1.82, 2.24) is 9.80 Å². The van der Waals surface area contributed by atoms with Crippen LogP contribution in [0.25, 0.3) is 0 Å². The number of nitrogen functional groups attached to an aromatic ring is 1. The van der Waals surface area contributed by atoms with E-state index in [2.05, 4.69) is 11.0 Å². The molecule has 0 atom stereocenters. The minimum atomic E-state index is -0.192. The van der Waals surface area contributed by atoms with Gasteiger partial charge >= 0.3 is 6.09 Å². The molecule has 1 heterocycles. The number of nitrogens with two attached hydrogens (primary N) is 1. The average molecular weight is 277 g/mol. The lowest BCUT2D eigenvalue weighted by Crippen LogP contribution is -2.49. The van der Waals surface area contributed by atoms with E-state index in [1.807, 2.05) is 25.1 Å². The molecule has 1 aromatic carbocycles. The molecular formula is C15H23N3O2. The number of benzene rings is 1. The van der Waals surface area contributed by atoms with Crippen LogP contribution < -0.4 is 5.73 Å². The van der Waals surface area contributed by atoms with Crippen molar-refractivity contribution in [1.29, 1.82) is 0 Å². The molecule has 1 saturated heterocycles. The quantitative estimate of drug-likeness (QED) is 0.849. The summed E-state index contributed by atoms with van der Waals surface area (Å²) in [6.07, 6.45) is 0.799. The second-order valence-electron chi connectivity index (χ2n) is 5.02. The maximum atomic E-state index is 11.6. The van der Waals surface area contributed by atoms with Gasteiger partial charge in [0.15, 0.2) is 0 Å². The molecule has 1 fully saturated rings. The first-order valence-corrected chi connectivity index (χ1v) is 7.17. The van der Waals surface area contributed by atoms with Gasteiger partial charge in [0, 0.05) is 38.4 Å². The Hall–Kier alpha value is -1.75. The fourth-order valence-electron chi connectivity index (χ4n) is 2.40. The van der Waals surface area contributed by atoms with Gasteiger partial charge in [-0.2, -0.15) is 0 Å². The summed E-state index contributed by atoms with van der Waals surface area (Å²) in [4.78, 5) is 15.7. The lowest BCUT2D eigenvalue weighted by Gasteiger charge is -2.34. The van der Waals surface area contributed by atoms with Crippen molar-refractivity contribution in [2.75, 3.05) is 45.1 Å². The highest BCUT2D eigenvalue weighted by molar-refractivity contribution is 5.67. The monoisotopic (exact) mass is 277 g/mol. The number of rotatable bonds is 4. The highest BCUT2D eigenvalue weighted by Gasteiger charge is 2.21. The van der Waals surface area contributed by atoms with E-state index in [4.69, 9.17) is 10.5 Å². The molecule has 5 nitrogen and oxygen atoms in total. The maximum absolute atomic E-state index is 11.6. The molecule has 20 heavy (non-hydrogen) atoms. The fraction of sp³-hybridized carbons (Fsp3) is 0.533. The van der Waals surface area contributed by atoms with Crippen LogP contribution in [0.3, 0.4) is 0 Å². The van der Waals surface area contributed by atoms with E-state index >= 15 is 0 Å². The van der Waals surface area contributed by atoms with Gasteiger partial charge in [0.2, 0.25) is 0 Å². The molecular weight excluding hydrogens is 254 g/mol. The van der Waals surface area contributed by atoms with Crippen LogP contribution in [0.2, 0.25) is 0 Å². The lowest BCUT2D eigenvalue weighted by atomic mass is 10.1. The van der Waals surface area contributed by atoms with Crippen LogP contribution in [0.4, 0.5) is 10.5 Å². The van der Waals surface area contributed by atoms with Crippen LogP contribution >= 0.6 is 0 Å². The van der Waals surface area contributed by atoms with Gasteiger partial charge in [-0.05, 0) is 31.0 Å². The van der Waals surface area contributed by atoms with Crippen molar-refractivity contribution in [3.63, 3.8) is 0 Å². The highest BCUT2D eigenvalue weighted by Crippen LogP contribution is 2.09. The van der Waals surface area contributed by atoms with Gasteiger partial charge in [0.1, 0.15) is 0 Å². The normalized spacial score (nSPS) is 16.1. The summed E-state index contributed by atoms with van der Waals surface area (Å²) in [7, 11) is 0. The van der Waals surface area contributed by atoms with E-state index in [0.717, 1.165) is 44.8 Å². The molecule has 0 spiro atoms. The summed E-state index contributed by atoms with van der Waals surface area (Å²) in [6.45, 7) is 6.57. The summed E-state index contributed by atoms with van der Waals surface area (Å²) in [5.41, 5.74) is 7.85. The van der Waals surface area contributed by atoms with Crippen LogP contribution in [-0.4, -0.2) is 55.2 Å². The molecule has 0 bridgehead atoms. The Balaban J connectivity index is 1.73. The first-order chi connectivity index (χ1) is 9.69. The molecule has 0 saturated carbocycles. The number of carbonyl (C=O) groups is 1. The highest BCUT2D eigenvalue weighted by atomic mass is 16.6. The second-order valence-corrected chi connectivity index (χ2v) is 5.02.